The van der Waals surface area contributed by atoms with E-state index in [4.69, 9.17) is 0 Å². The van der Waals surface area contributed by atoms with Gasteiger partial charge in [0, 0.05) is 29.3 Å². The standard InChI is InChI=1S/C12H13BrN4/c1-14-11(12-16-3-2-4-17-12)6-9-5-10(13)8-15-7-9/h2-5,7-8,11,14H,6H2,1H3. The number of aromatic nitrogens is 3. The average molecular weight is 293 g/mol. The van der Waals surface area contributed by atoms with Gasteiger partial charge in [-0.2, -0.15) is 0 Å². The molecule has 17 heavy (non-hydrogen) atoms. The van der Waals surface area contributed by atoms with Crippen LogP contribution in [-0.4, -0.2) is 22.0 Å². The fourth-order valence-corrected chi connectivity index (χ4v) is 2.03. The molecule has 1 atom stereocenters. The molecule has 0 aliphatic rings. The lowest BCUT2D eigenvalue weighted by atomic mass is 10.1. The van der Waals surface area contributed by atoms with Gasteiger partial charge in [0.15, 0.2) is 0 Å². The zero-order valence-electron chi connectivity index (χ0n) is 9.47. The van der Waals surface area contributed by atoms with Crippen molar-refractivity contribution < 1.29 is 0 Å². The second kappa shape index (κ2) is 5.84. The van der Waals surface area contributed by atoms with Gasteiger partial charge < -0.3 is 5.32 Å². The van der Waals surface area contributed by atoms with Crippen molar-refractivity contribution >= 4 is 15.9 Å². The molecule has 0 radical (unpaired) electrons. The van der Waals surface area contributed by atoms with E-state index in [1.807, 2.05) is 19.3 Å². The minimum absolute atomic E-state index is 0.104. The van der Waals surface area contributed by atoms with Crippen molar-refractivity contribution in [3.8, 4) is 0 Å². The van der Waals surface area contributed by atoms with Crippen molar-refractivity contribution in [1.29, 1.82) is 0 Å². The van der Waals surface area contributed by atoms with E-state index in [0.29, 0.717) is 0 Å². The maximum atomic E-state index is 4.26. The van der Waals surface area contributed by atoms with Crippen LogP contribution in [0.3, 0.4) is 0 Å². The summed E-state index contributed by atoms with van der Waals surface area (Å²) in [5.74, 6) is 0.801. The highest BCUT2D eigenvalue weighted by Crippen LogP contribution is 2.16. The predicted octanol–water partition coefficient (Wildman–Crippen LogP) is 2.14. The number of hydrogen-bond donors (Lipinski definition) is 1. The van der Waals surface area contributed by atoms with Gasteiger partial charge in [-0.1, -0.05) is 0 Å². The molecule has 2 aromatic heterocycles. The normalized spacial score (nSPS) is 12.4. The zero-order valence-corrected chi connectivity index (χ0v) is 11.1. The zero-order chi connectivity index (χ0) is 12.1. The maximum Gasteiger partial charge on any atom is 0.145 e. The Morgan fingerprint density at radius 1 is 1.29 bits per heavy atom. The van der Waals surface area contributed by atoms with Crippen molar-refractivity contribution in [2.75, 3.05) is 7.05 Å². The number of hydrogen-bond acceptors (Lipinski definition) is 4. The third-order valence-electron chi connectivity index (χ3n) is 2.45. The number of pyridine rings is 1. The molecule has 1 N–H and O–H groups in total. The third-order valence-corrected chi connectivity index (χ3v) is 2.88. The Balaban J connectivity index is 2.16. The molecule has 5 heteroatoms. The Morgan fingerprint density at radius 2 is 2.06 bits per heavy atom. The number of likely N-dealkylation sites (N-methyl/N-ethyl adjacent to an activating group) is 1. The first-order chi connectivity index (χ1) is 8.29. The highest BCUT2D eigenvalue weighted by Gasteiger charge is 2.12. The summed E-state index contributed by atoms with van der Waals surface area (Å²) in [7, 11) is 1.91. The molecule has 88 valence electrons. The lowest BCUT2D eigenvalue weighted by molar-refractivity contribution is 0.556. The van der Waals surface area contributed by atoms with Crippen molar-refractivity contribution in [3.05, 3.63) is 52.8 Å². The smallest absolute Gasteiger partial charge is 0.145 e. The van der Waals surface area contributed by atoms with E-state index < -0.39 is 0 Å². The minimum Gasteiger partial charge on any atom is -0.310 e. The molecule has 0 bridgehead atoms. The van der Waals surface area contributed by atoms with Gasteiger partial charge in [0.05, 0.1) is 6.04 Å². The first kappa shape index (κ1) is 12.1. The predicted molar refractivity (Wildman–Crippen MR) is 69.5 cm³/mol. The van der Waals surface area contributed by atoms with Crippen LogP contribution in [0.15, 0.2) is 41.4 Å². The summed E-state index contributed by atoms with van der Waals surface area (Å²) in [5, 5.41) is 3.22. The lowest BCUT2D eigenvalue weighted by Crippen LogP contribution is -2.21. The van der Waals surface area contributed by atoms with Gasteiger partial charge in [0.2, 0.25) is 0 Å². The number of nitrogens with one attached hydrogen (secondary N) is 1. The monoisotopic (exact) mass is 292 g/mol. The van der Waals surface area contributed by atoms with E-state index in [1.165, 1.54) is 0 Å². The minimum atomic E-state index is 0.104. The van der Waals surface area contributed by atoms with Gasteiger partial charge in [-0.3, -0.25) is 4.98 Å². The number of rotatable bonds is 4. The van der Waals surface area contributed by atoms with Gasteiger partial charge in [0.1, 0.15) is 5.82 Å². The first-order valence-corrected chi connectivity index (χ1v) is 6.12. The SMILES string of the molecule is CNC(Cc1cncc(Br)c1)c1ncccn1. The summed E-state index contributed by atoms with van der Waals surface area (Å²) in [6.45, 7) is 0. The van der Waals surface area contributed by atoms with Crippen LogP contribution < -0.4 is 5.32 Å². The largest absolute Gasteiger partial charge is 0.310 e. The van der Waals surface area contributed by atoms with Crippen molar-refractivity contribution in [2.24, 2.45) is 0 Å². The van der Waals surface area contributed by atoms with Crippen LogP contribution in [0.4, 0.5) is 0 Å². The molecule has 2 heterocycles. The van der Waals surface area contributed by atoms with E-state index >= 15 is 0 Å². The summed E-state index contributed by atoms with van der Waals surface area (Å²) in [6.07, 6.45) is 7.96. The molecule has 2 aromatic rings. The van der Waals surface area contributed by atoms with E-state index in [2.05, 4.69) is 42.3 Å². The molecule has 0 amide bonds. The summed E-state index contributed by atoms with van der Waals surface area (Å²) in [5.41, 5.74) is 1.14. The molecule has 2 rings (SSSR count). The molecule has 0 fully saturated rings. The highest BCUT2D eigenvalue weighted by molar-refractivity contribution is 9.10. The van der Waals surface area contributed by atoms with Gasteiger partial charge >= 0.3 is 0 Å². The molecule has 0 spiro atoms. The summed E-state index contributed by atoms with van der Waals surface area (Å²) in [4.78, 5) is 12.7. The highest BCUT2D eigenvalue weighted by atomic mass is 79.9. The quantitative estimate of drug-likeness (QED) is 0.938. The van der Waals surface area contributed by atoms with Crippen LogP contribution in [0.1, 0.15) is 17.4 Å². The fourth-order valence-electron chi connectivity index (χ4n) is 1.62. The molecule has 0 aliphatic heterocycles. The summed E-state index contributed by atoms with van der Waals surface area (Å²) in [6, 6.07) is 3.98. The van der Waals surface area contributed by atoms with Gasteiger partial charge in [-0.05, 0) is 47.1 Å². The van der Waals surface area contributed by atoms with Crippen LogP contribution in [-0.2, 0) is 6.42 Å². The Labute approximate surface area is 109 Å². The van der Waals surface area contributed by atoms with Crippen molar-refractivity contribution in [1.82, 2.24) is 20.3 Å². The van der Waals surface area contributed by atoms with Crippen LogP contribution >= 0.6 is 15.9 Å². The fraction of sp³-hybridized carbons (Fsp3) is 0.250. The van der Waals surface area contributed by atoms with Crippen molar-refractivity contribution in [2.45, 2.75) is 12.5 Å². The Morgan fingerprint density at radius 3 is 2.71 bits per heavy atom. The van der Waals surface area contributed by atoms with Crippen LogP contribution in [0.2, 0.25) is 0 Å². The molecular weight excluding hydrogens is 280 g/mol. The van der Waals surface area contributed by atoms with Crippen molar-refractivity contribution in [3.63, 3.8) is 0 Å². The van der Waals surface area contributed by atoms with E-state index in [0.717, 1.165) is 22.3 Å². The molecule has 0 aliphatic carbocycles. The van der Waals surface area contributed by atoms with Crippen LogP contribution in [0.25, 0.3) is 0 Å². The second-order valence-corrected chi connectivity index (χ2v) is 4.58. The third kappa shape index (κ3) is 3.31. The second-order valence-electron chi connectivity index (χ2n) is 3.66. The van der Waals surface area contributed by atoms with Crippen LogP contribution in [0, 0.1) is 0 Å². The van der Waals surface area contributed by atoms with Gasteiger partial charge in [-0.15, -0.1) is 0 Å². The topological polar surface area (TPSA) is 50.7 Å². The van der Waals surface area contributed by atoms with E-state index in [-0.39, 0.29) is 6.04 Å². The average Bonchev–Trinajstić information content (AvgIpc) is 2.37. The Bertz CT molecular complexity index is 475. The lowest BCUT2D eigenvalue weighted by Gasteiger charge is -2.14. The van der Waals surface area contributed by atoms with Gasteiger partial charge in [-0.25, -0.2) is 9.97 Å². The molecular formula is C12H13BrN4. The number of halogens is 1. The molecule has 0 saturated carbocycles. The first-order valence-electron chi connectivity index (χ1n) is 5.33. The molecule has 0 aromatic carbocycles. The van der Waals surface area contributed by atoms with E-state index in [9.17, 15) is 0 Å². The summed E-state index contributed by atoms with van der Waals surface area (Å²) >= 11 is 3.42. The molecule has 4 nitrogen and oxygen atoms in total. The Hall–Kier alpha value is -1.33. The number of nitrogens with zero attached hydrogens (tertiary/aromatic N) is 3. The maximum absolute atomic E-state index is 4.26. The summed E-state index contributed by atoms with van der Waals surface area (Å²) < 4.78 is 0.985. The van der Waals surface area contributed by atoms with Gasteiger partial charge in [0.25, 0.3) is 0 Å². The van der Waals surface area contributed by atoms with Crippen LogP contribution in [0.5, 0.6) is 0 Å². The van der Waals surface area contributed by atoms with E-state index in [1.54, 1.807) is 18.6 Å². The molecule has 1 unspecified atom stereocenters. The Kier molecular flexibility index (Phi) is 4.17. The molecule has 0 saturated heterocycles.